The number of carbonyl (C=O) groups is 1. The normalized spacial score (nSPS) is 17.7. The molecule has 1 nitrogen and oxygen atoms in total. The molecule has 0 bridgehead atoms. The fourth-order valence-electron chi connectivity index (χ4n) is 2.74. The molecule has 0 spiro atoms. The van der Waals surface area contributed by atoms with Gasteiger partial charge in [-0.2, -0.15) is 0 Å². The Hall–Kier alpha value is -1.34. The first-order chi connectivity index (χ1) is 8.24. The lowest BCUT2D eigenvalue weighted by Crippen LogP contribution is -2.40. The van der Waals surface area contributed by atoms with E-state index in [4.69, 9.17) is 11.6 Å². The topological polar surface area (TPSA) is 17.1 Å². The predicted octanol–water partition coefficient (Wildman–Crippen LogP) is 4.03. The molecule has 0 amide bonds. The average molecular weight is 245 g/mol. The van der Waals surface area contributed by atoms with Crippen molar-refractivity contribution in [2.45, 2.75) is 24.7 Å². The van der Waals surface area contributed by atoms with Gasteiger partial charge in [0.25, 0.3) is 0 Å². The van der Waals surface area contributed by atoms with E-state index in [2.05, 4.69) is 18.2 Å². The van der Waals surface area contributed by atoms with Crippen molar-refractivity contribution in [1.29, 1.82) is 0 Å². The van der Waals surface area contributed by atoms with Crippen molar-refractivity contribution in [3.8, 4) is 0 Å². The molecule has 0 radical (unpaired) electrons. The van der Waals surface area contributed by atoms with Crippen molar-refractivity contribution in [2.24, 2.45) is 0 Å². The van der Waals surface area contributed by atoms with Gasteiger partial charge in [0.1, 0.15) is 0 Å². The van der Waals surface area contributed by atoms with Gasteiger partial charge in [-0.05, 0) is 40.8 Å². The molecule has 2 aromatic rings. The maximum Gasteiger partial charge on any atom is 0.232 e. The average Bonchev–Trinajstić information content (AvgIpc) is 2.27. The van der Waals surface area contributed by atoms with Crippen LogP contribution in [0.3, 0.4) is 0 Å². The molecule has 0 N–H and O–H groups in total. The Morgan fingerprint density at radius 1 is 1.06 bits per heavy atom. The number of hydrogen-bond acceptors (Lipinski definition) is 1. The molecule has 2 heteroatoms. The number of rotatable bonds is 2. The summed E-state index contributed by atoms with van der Waals surface area (Å²) in [5, 5.41) is 2.12. The highest BCUT2D eigenvalue weighted by atomic mass is 35.5. The van der Waals surface area contributed by atoms with Gasteiger partial charge in [-0.15, -0.1) is 0 Å². The zero-order valence-electron chi connectivity index (χ0n) is 9.45. The Labute approximate surface area is 105 Å². The molecule has 0 aliphatic heterocycles. The molecule has 86 valence electrons. The Bertz CT molecular complexity index is 579. The Morgan fingerprint density at radius 3 is 2.41 bits per heavy atom. The summed E-state index contributed by atoms with van der Waals surface area (Å²) < 4.78 is 0. The first-order valence-electron chi connectivity index (χ1n) is 5.92. The third kappa shape index (κ3) is 1.49. The van der Waals surface area contributed by atoms with E-state index < -0.39 is 5.41 Å². The van der Waals surface area contributed by atoms with Crippen molar-refractivity contribution < 1.29 is 4.79 Å². The van der Waals surface area contributed by atoms with E-state index in [1.165, 1.54) is 5.39 Å². The summed E-state index contributed by atoms with van der Waals surface area (Å²) in [5.74, 6) is 0. The largest absolute Gasteiger partial charge is 0.280 e. The summed E-state index contributed by atoms with van der Waals surface area (Å²) in [4.78, 5) is 11.8. The van der Waals surface area contributed by atoms with Crippen LogP contribution >= 0.6 is 11.6 Å². The molecular weight excluding hydrogens is 232 g/mol. The minimum absolute atomic E-state index is 0.208. The van der Waals surface area contributed by atoms with E-state index >= 15 is 0 Å². The van der Waals surface area contributed by atoms with Gasteiger partial charge in [0.2, 0.25) is 5.24 Å². The fraction of sp³-hybridized carbons (Fsp3) is 0.267. The molecule has 0 aromatic heterocycles. The summed E-state index contributed by atoms with van der Waals surface area (Å²) in [6.45, 7) is 0. The predicted molar refractivity (Wildman–Crippen MR) is 70.3 cm³/mol. The van der Waals surface area contributed by atoms with E-state index in [0.717, 1.165) is 30.2 Å². The second-order valence-corrected chi connectivity index (χ2v) is 5.08. The van der Waals surface area contributed by atoms with Crippen LogP contribution in [0.5, 0.6) is 0 Å². The van der Waals surface area contributed by atoms with Gasteiger partial charge in [0, 0.05) is 0 Å². The van der Waals surface area contributed by atoms with Crippen molar-refractivity contribution in [2.75, 3.05) is 0 Å². The third-order valence-corrected chi connectivity index (χ3v) is 4.25. The first-order valence-corrected chi connectivity index (χ1v) is 6.30. The molecule has 3 rings (SSSR count). The Morgan fingerprint density at radius 2 is 1.76 bits per heavy atom. The third-order valence-electron chi connectivity index (χ3n) is 3.89. The molecule has 1 fully saturated rings. The highest BCUT2D eigenvalue weighted by Crippen LogP contribution is 2.47. The molecule has 1 aliphatic carbocycles. The zero-order chi connectivity index (χ0) is 11.9. The van der Waals surface area contributed by atoms with Crippen LogP contribution in [0.2, 0.25) is 0 Å². The molecule has 0 saturated heterocycles. The van der Waals surface area contributed by atoms with Crippen LogP contribution in [0.4, 0.5) is 0 Å². The maximum absolute atomic E-state index is 11.8. The number of fused-ring (bicyclic) bond motifs is 1. The standard InChI is InChI=1S/C15H13ClO/c16-14(17)15(9-4-10-15)13-8-3-6-11-5-1-2-7-12(11)13/h1-3,5-8H,4,9-10H2. The van der Waals surface area contributed by atoms with Gasteiger partial charge in [-0.1, -0.05) is 48.9 Å². The van der Waals surface area contributed by atoms with Gasteiger partial charge in [0.05, 0.1) is 5.41 Å². The van der Waals surface area contributed by atoms with E-state index in [0.29, 0.717) is 0 Å². The van der Waals surface area contributed by atoms with Gasteiger partial charge in [-0.25, -0.2) is 0 Å². The second-order valence-electron chi connectivity index (χ2n) is 4.74. The monoisotopic (exact) mass is 244 g/mol. The fourth-order valence-corrected chi connectivity index (χ4v) is 3.04. The lowest BCUT2D eigenvalue weighted by Gasteiger charge is -2.39. The first kappa shape index (κ1) is 10.8. The molecule has 2 aromatic carbocycles. The Balaban J connectivity index is 2.27. The van der Waals surface area contributed by atoms with E-state index in [-0.39, 0.29) is 5.24 Å². The summed E-state index contributed by atoms with van der Waals surface area (Å²) in [7, 11) is 0. The van der Waals surface area contributed by atoms with E-state index in [9.17, 15) is 4.79 Å². The van der Waals surface area contributed by atoms with Crippen LogP contribution in [0.1, 0.15) is 24.8 Å². The van der Waals surface area contributed by atoms with Crippen molar-refractivity contribution in [3.63, 3.8) is 0 Å². The molecule has 0 unspecified atom stereocenters. The van der Waals surface area contributed by atoms with Crippen LogP contribution in [-0.2, 0) is 10.2 Å². The van der Waals surface area contributed by atoms with Crippen molar-refractivity contribution in [3.05, 3.63) is 48.0 Å². The molecule has 0 heterocycles. The number of halogens is 1. The van der Waals surface area contributed by atoms with Crippen LogP contribution in [0.15, 0.2) is 42.5 Å². The highest BCUT2D eigenvalue weighted by molar-refractivity contribution is 6.65. The van der Waals surface area contributed by atoms with Gasteiger partial charge < -0.3 is 0 Å². The highest BCUT2D eigenvalue weighted by Gasteiger charge is 2.45. The second kappa shape index (κ2) is 3.85. The summed E-state index contributed by atoms with van der Waals surface area (Å²) in [6, 6.07) is 14.3. The van der Waals surface area contributed by atoms with Gasteiger partial charge in [-0.3, -0.25) is 4.79 Å². The summed E-state index contributed by atoms with van der Waals surface area (Å²) >= 11 is 5.83. The zero-order valence-corrected chi connectivity index (χ0v) is 10.2. The van der Waals surface area contributed by atoms with Gasteiger partial charge >= 0.3 is 0 Å². The molecule has 1 aliphatic rings. The minimum Gasteiger partial charge on any atom is -0.280 e. The molecular formula is C15H13ClO. The number of benzene rings is 2. The van der Waals surface area contributed by atoms with E-state index in [1.54, 1.807) is 0 Å². The van der Waals surface area contributed by atoms with Crippen molar-refractivity contribution in [1.82, 2.24) is 0 Å². The maximum atomic E-state index is 11.8. The van der Waals surface area contributed by atoms with Gasteiger partial charge in [0.15, 0.2) is 0 Å². The van der Waals surface area contributed by atoms with Crippen LogP contribution < -0.4 is 0 Å². The smallest absolute Gasteiger partial charge is 0.232 e. The molecule has 17 heavy (non-hydrogen) atoms. The number of hydrogen-bond donors (Lipinski definition) is 0. The van der Waals surface area contributed by atoms with E-state index in [1.807, 2.05) is 24.3 Å². The quantitative estimate of drug-likeness (QED) is 0.729. The van der Waals surface area contributed by atoms with Crippen LogP contribution in [0, 0.1) is 0 Å². The summed E-state index contributed by atoms with van der Waals surface area (Å²) in [6.07, 6.45) is 2.84. The lowest BCUT2D eigenvalue weighted by atomic mass is 9.64. The molecule has 1 saturated carbocycles. The van der Waals surface area contributed by atoms with Crippen LogP contribution in [0.25, 0.3) is 10.8 Å². The minimum atomic E-state index is -0.428. The molecule has 0 atom stereocenters. The SMILES string of the molecule is O=C(Cl)C1(c2cccc3ccccc23)CCC1. The number of carbonyl (C=O) groups excluding carboxylic acids is 1. The summed E-state index contributed by atoms with van der Waals surface area (Å²) in [5.41, 5.74) is 0.671. The van der Waals surface area contributed by atoms with Crippen LogP contribution in [-0.4, -0.2) is 5.24 Å². The Kier molecular flexibility index (Phi) is 2.44. The van der Waals surface area contributed by atoms with Crippen molar-refractivity contribution >= 4 is 27.6 Å². The lowest BCUT2D eigenvalue weighted by molar-refractivity contribution is -0.119.